The van der Waals surface area contributed by atoms with Gasteiger partial charge in [-0.15, -0.1) is 11.8 Å². The Morgan fingerprint density at radius 3 is 2.57 bits per heavy atom. The van der Waals surface area contributed by atoms with Gasteiger partial charge in [-0.1, -0.05) is 32.1 Å². The second kappa shape index (κ2) is 6.90. The lowest BCUT2D eigenvalue weighted by atomic mass is 9.84. The van der Waals surface area contributed by atoms with E-state index < -0.39 is 0 Å². The number of nitrogens with one attached hydrogen (secondary N) is 1. The van der Waals surface area contributed by atoms with E-state index in [-0.39, 0.29) is 0 Å². The first kappa shape index (κ1) is 11.6. The summed E-state index contributed by atoms with van der Waals surface area (Å²) >= 11 is 0. The van der Waals surface area contributed by atoms with Crippen LogP contribution < -0.4 is 5.32 Å². The number of rotatable bonds is 4. The average Bonchev–Trinajstić information content (AvgIpc) is 2.25. The minimum absolute atomic E-state index is 0.616. The summed E-state index contributed by atoms with van der Waals surface area (Å²) < 4.78 is 0. The quantitative estimate of drug-likeness (QED) is 0.677. The van der Waals surface area contributed by atoms with Gasteiger partial charge in [-0.25, -0.2) is 0 Å². The van der Waals surface area contributed by atoms with Crippen LogP contribution in [0.2, 0.25) is 0 Å². The minimum Gasteiger partial charge on any atom is -0.316 e. The van der Waals surface area contributed by atoms with Crippen LogP contribution in [0, 0.1) is 17.8 Å². The third kappa shape index (κ3) is 4.15. The molecule has 1 aliphatic carbocycles. The lowest BCUT2D eigenvalue weighted by Crippen LogP contribution is -2.28. The van der Waals surface area contributed by atoms with Crippen LogP contribution in [0.25, 0.3) is 0 Å². The molecule has 0 aromatic carbocycles. The van der Waals surface area contributed by atoms with E-state index in [0.717, 1.165) is 12.3 Å². The zero-order chi connectivity index (χ0) is 10.2. The van der Waals surface area contributed by atoms with Crippen molar-refractivity contribution in [2.75, 3.05) is 7.05 Å². The van der Waals surface area contributed by atoms with Crippen LogP contribution in [0.5, 0.6) is 0 Å². The fourth-order valence-electron chi connectivity index (χ4n) is 2.35. The van der Waals surface area contributed by atoms with Crippen molar-refractivity contribution in [2.24, 2.45) is 5.92 Å². The molecule has 0 aromatic heterocycles. The van der Waals surface area contributed by atoms with Crippen LogP contribution in [0.4, 0.5) is 0 Å². The standard InChI is InChI=1S/C13H23N/c1-3-4-10-13(14-2)11-12-8-6-5-7-9-12/h12-14H,5-11H2,1-2H3. The van der Waals surface area contributed by atoms with Gasteiger partial charge in [0.05, 0.1) is 0 Å². The van der Waals surface area contributed by atoms with Gasteiger partial charge in [0.15, 0.2) is 0 Å². The molecule has 1 saturated carbocycles. The normalized spacial score (nSPS) is 19.9. The van der Waals surface area contributed by atoms with Crippen molar-refractivity contribution in [3.63, 3.8) is 0 Å². The van der Waals surface area contributed by atoms with Gasteiger partial charge in [-0.2, -0.15) is 0 Å². The van der Waals surface area contributed by atoms with Crippen molar-refractivity contribution in [1.29, 1.82) is 0 Å². The smallest absolute Gasteiger partial charge is 0.0243 e. The zero-order valence-corrected chi connectivity index (χ0v) is 9.60. The Kier molecular flexibility index (Phi) is 5.71. The molecule has 14 heavy (non-hydrogen) atoms. The van der Waals surface area contributed by atoms with Gasteiger partial charge in [0.2, 0.25) is 0 Å². The van der Waals surface area contributed by atoms with Gasteiger partial charge in [0.25, 0.3) is 0 Å². The monoisotopic (exact) mass is 193 g/mol. The second-order valence-electron chi connectivity index (χ2n) is 4.36. The van der Waals surface area contributed by atoms with Crippen molar-refractivity contribution < 1.29 is 0 Å². The molecule has 0 heterocycles. The van der Waals surface area contributed by atoms with E-state index in [1.54, 1.807) is 0 Å². The lowest BCUT2D eigenvalue weighted by molar-refractivity contribution is 0.305. The summed E-state index contributed by atoms with van der Waals surface area (Å²) in [5.74, 6) is 7.11. The summed E-state index contributed by atoms with van der Waals surface area (Å²) in [5, 5.41) is 3.38. The summed E-state index contributed by atoms with van der Waals surface area (Å²) in [4.78, 5) is 0. The van der Waals surface area contributed by atoms with E-state index in [2.05, 4.69) is 24.2 Å². The first-order chi connectivity index (χ1) is 6.86. The molecule has 0 bridgehead atoms. The highest BCUT2D eigenvalue weighted by atomic mass is 14.9. The molecule has 1 fully saturated rings. The zero-order valence-electron chi connectivity index (χ0n) is 9.60. The van der Waals surface area contributed by atoms with E-state index >= 15 is 0 Å². The third-order valence-electron chi connectivity index (χ3n) is 3.28. The Hall–Kier alpha value is -0.480. The van der Waals surface area contributed by atoms with Crippen LogP contribution >= 0.6 is 0 Å². The molecule has 1 atom stereocenters. The van der Waals surface area contributed by atoms with Crippen molar-refractivity contribution in [3.8, 4) is 11.8 Å². The maximum atomic E-state index is 3.38. The first-order valence-corrected chi connectivity index (χ1v) is 5.93. The van der Waals surface area contributed by atoms with Gasteiger partial charge in [-0.05, 0) is 26.3 Å². The van der Waals surface area contributed by atoms with Crippen LogP contribution in [0.3, 0.4) is 0 Å². The summed E-state index contributed by atoms with van der Waals surface area (Å²) in [5.41, 5.74) is 0. The van der Waals surface area contributed by atoms with Crippen LogP contribution in [-0.2, 0) is 0 Å². The Labute approximate surface area is 88.7 Å². The molecule has 1 rings (SSSR count). The van der Waals surface area contributed by atoms with Gasteiger partial charge in [-0.3, -0.25) is 0 Å². The summed E-state index contributed by atoms with van der Waals surface area (Å²) in [7, 11) is 2.06. The van der Waals surface area contributed by atoms with Crippen molar-refractivity contribution in [2.45, 2.75) is 57.9 Å². The SMILES string of the molecule is CC#CCC(CC1CCCCC1)NC. The molecule has 0 aromatic rings. The molecule has 0 amide bonds. The van der Waals surface area contributed by atoms with Crippen molar-refractivity contribution >= 4 is 0 Å². The first-order valence-electron chi connectivity index (χ1n) is 5.93. The van der Waals surface area contributed by atoms with E-state index in [1.807, 2.05) is 6.92 Å². The fourth-order valence-corrected chi connectivity index (χ4v) is 2.35. The maximum absolute atomic E-state index is 3.38. The molecule has 1 heteroatoms. The Morgan fingerprint density at radius 2 is 2.00 bits per heavy atom. The van der Waals surface area contributed by atoms with Crippen LogP contribution in [0.15, 0.2) is 0 Å². The topological polar surface area (TPSA) is 12.0 Å². The van der Waals surface area contributed by atoms with Crippen LogP contribution in [-0.4, -0.2) is 13.1 Å². The molecule has 1 nitrogen and oxygen atoms in total. The molecular formula is C13H23N. The highest BCUT2D eigenvalue weighted by molar-refractivity contribution is 4.98. The predicted octanol–water partition coefficient (Wildman–Crippen LogP) is 2.96. The van der Waals surface area contributed by atoms with E-state index in [1.165, 1.54) is 38.5 Å². The average molecular weight is 193 g/mol. The summed E-state index contributed by atoms with van der Waals surface area (Å²) in [6.45, 7) is 1.92. The van der Waals surface area contributed by atoms with Crippen molar-refractivity contribution in [1.82, 2.24) is 5.32 Å². The van der Waals surface area contributed by atoms with E-state index in [0.29, 0.717) is 6.04 Å². The molecule has 80 valence electrons. The molecular weight excluding hydrogens is 170 g/mol. The van der Waals surface area contributed by atoms with Gasteiger partial charge in [0.1, 0.15) is 0 Å². The molecule has 1 unspecified atom stereocenters. The maximum Gasteiger partial charge on any atom is 0.0243 e. The highest BCUT2D eigenvalue weighted by Gasteiger charge is 2.17. The fraction of sp³-hybridized carbons (Fsp3) is 0.846. The van der Waals surface area contributed by atoms with Gasteiger partial charge >= 0.3 is 0 Å². The Morgan fingerprint density at radius 1 is 1.29 bits per heavy atom. The number of hydrogen-bond acceptors (Lipinski definition) is 1. The van der Waals surface area contributed by atoms with E-state index in [9.17, 15) is 0 Å². The molecule has 0 saturated heterocycles. The van der Waals surface area contributed by atoms with E-state index in [4.69, 9.17) is 0 Å². The number of hydrogen-bond donors (Lipinski definition) is 1. The van der Waals surface area contributed by atoms with Crippen LogP contribution in [0.1, 0.15) is 51.9 Å². The van der Waals surface area contributed by atoms with Gasteiger partial charge < -0.3 is 5.32 Å². The molecule has 1 N–H and O–H groups in total. The predicted molar refractivity (Wildman–Crippen MR) is 62.1 cm³/mol. The van der Waals surface area contributed by atoms with Gasteiger partial charge in [0, 0.05) is 12.5 Å². The molecule has 0 radical (unpaired) electrons. The molecule has 1 aliphatic rings. The Bertz CT molecular complexity index is 193. The molecule has 0 spiro atoms. The van der Waals surface area contributed by atoms with Crippen molar-refractivity contribution in [3.05, 3.63) is 0 Å². The third-order valence-corrected chi connectivity index (χ3v) is 3.28. The summed E-state index contributed by atoms with van der Waals surface area (Å²) in [6, 6.07) is 0.616. The Balaban J connectivity index is 2.25. The second-order valence-corrected chi connectivity index (χ2v) is 4.36. The largest absolute Gasteiger partial charge is 0.316 e. The minimum atomic E-state index is 0.616. The highest BCUT2D eigenvalue weighted by Crippen LogP contribution is 2.27. The lowest BCUT2D eigenvalue weighted by Gasteiger charge is -2.25. The molecule has 0 aliphatic heterocycles. The summed E-state index contributed by atoms with van der Waals surface area (Å²) in [6.07, 6.45) is 9.57.